The highest BCUT2D eigenvalue weighted by Gasteiger charge is 2.03. The minimum atomic E-state index is -2.97. The minimum absolute atomic E-state index is 0.0731. The van der Waals surface area contributed by atoms with Gasteiger partial charge in [-0.25, -0.2) is 17.2 Å². The molecule has 0 saturated heterocycles. The van der Waals surface area contributed by atoms with Crippen LogP contribution in [0.1, 0.15) is 6.42 Å². The van der Waals surface area contributed by atoms with Crippen molar-refractivity contribution in [3.63, 3.8) is 0 Å². The maximum Gasteiger partial charge on any atom is 0.160 e. The van der Waals surface area contributed by atoms with Gasteiger partial charge in [0.15, 0.2) is 11.6 Å². The third-order valence-corrected chi connectivity index (χ3v) is 2.97. The van der Waals surface area contributed by atoms with Crippen molar-refractivity contribution in [2.45, 2.75) is 6.42 Å². The molecule has 3 nitrogen and oxygen atoms in total. The molecule has 0 aliphatic carbocycles. The molecule has 0 aromatic heterocycles. The van der Waals surface area contributed by atoms with Gasteiger partial charge in [0, 0.05) is 18.5 Å². The number of anilines is 1. The van der Waals surface area contributed by atoms with Crippen LogP contribution in [0.4, 0.5) is 14.5 Å². The monoisotopic (exact) mass is 249 g/mol. The molecule has 0 spiro atoms. The second kappa shape index (κ2) is 5.25. The third-order valence-electron chi connectivity index (χ3n) is 1.94. The van der Waals surface area contributed by atoms with Gasteiger partial charge < -0.3 is 5.32 Å². The van der Waals surface area contributed by atoms with E-state index in [1.54, 1.807) is 0 Å². The van der Waals surface area contributed by atoms with E-state index in [9.17, 15) is 17.2 Å². The summed E-state index contributed by atoms with van der Waals surface area (Å²) < 4.78 is 46.9. The Labute approximate surface area is 93.4 Å². The fraction of sp³-hybridized carbons (Fsp3) is 0.400. The van der Waals surface area contributed by atoms with Crippen molar-refractivity contribution in [2.24, 2.45) is 0 Å². The summed E-state index contributed by atoms with van der Waals surface area (Å²) in [5.41, 5.74) is 0.437. The van der Waals surface area contributed by atoms with Gasteiger partial charge in [0.1, 0.15) is 9.84 Å². The largest absolute Gasteiger partial charge is 0.385 e. The normalized spacial score (nSPS) is 11.4. The molecule has 6 heteroatoms. The van der Waals surface area contributed by atoms with Crippen molar-refractivity contribution in [2.75, 3.05) is 23.9 Å². The van der Waals surface area contributed by atoms with Gasteiger partial charge in [0.2, 0.25) is 0 Å². The Morgan fingerprint density at radius 1 is 1.25 bits per heavy atom. The summed E-state index contributed by atoms with van der Waals surface area (Å²) in [4.78, 5) is 0. The second-order valence-corrected chi connectivity index (χ2v) is 5.80. The summed E-state index contributed by atoms with van der Waals surface area (Å²) in [6.07, 6.45) is 1.59. The van der Waals surface area contributed by atoms with Gasteiger partial charge in [-0.3, -0.25) is 0 Å². The molecule has 0 bridgehead atoms. The Balaban J connectivity index is 2.41. The summed E-state index contributed by atoms with van der Waals surface area (Å²) in [6, 6.07) is 3.46. The molecule has 0 aliphatic rings. The molecular weight excluding hydrogens is 236 g/mol. The zero-order valence-corrected chi connectivity index (χ0v) is 9.65. The number of sulfone groups is 1. The Bertz CT molecular complexity index is 460. The van der Waals surface area contributed by atoms with Crippen molar-refractivity contribution in [1.29, 1.82) is 0 Å². The predicted octanol–water partition coefficient (Wildman–Crippen LogP) is 1.81. The summed E-state index contributed by atoms with van der Waals surface area (Å²) in [5.74, 6) is -1.75. The molecule has 0 amide bonds. The van der Waals surface area contributed by atoms with Crippen molar-refractivity contribution in [3.8, 4) is 0 Å². The summed E-state index contributed by atoms with van der Waals surface area (Å²) in [7, 11) is -2.97. The van der Waals surface area contributed by atoms with Crippen molar-refractivity contribution in [3.05, 3.63) is 29.8 Å². The van der Waals surface area contributed by atoms with Gasteiger partial charge >= 0.3 is 0 Å². The molecule has 0 aliphatic heterocycles. The first-order valence-electron chi connectivity index (χ1n) is 4.75. The van der Waals surface area contributed by atoms with E-state index in [0.717, 1.165) is 18.4 Å². The van der Waals surface area contributed by atoms with Crippen LogP contribution in [0, 0.1) is 11.6 Å². The molecule has 0 radical (unpaired) electrons. The van der Waals surface area contributed by atoms with E-state index in [0.29, 0.717) is 18.7 Å². The van der Waals surface area contributed by atoms with Crippen LogP contribution in [0.25, 0.3) is 0 Å². The average molecular weight is 249 g/mol. The van der Waals surface area contributed by atoms with E-state index in [1.165, 1.54) is 6.07 Å². The van der Waals surface area contributed by atoms with Crippen LogP contribution >= 0.6 is 0 Å². The van der Waals surface area contributed by atoms with Gasteiger partial charge in [0.25, 0.3) is 0 Å². The van der Waals surface area contributed by atoms with E-state index in [1.807, 2.05) is 0 Å². The molecule has 1 N–H and O–H groups in total. The number of halogens is 2. The number of nitrogens with one attached hydrogen (secondary N) is 1. The van der Waals surface area contributed by atoms with Gasteiger partial charge in [-0.15, -0.1) is 0 Å². The van der Waals surface area contributed by atoms with E-state index in [-0.39, 0.29) is 5.75 Å². The van der Waals surface area contributed by atoms with Gasteiger partial charge in [0.05, 0.1) is 5.75 Å². The molecule has 1 aromatic carbocycles. The smallest absolute Gasteiger partial charge is 0.160 e. The third kappa shape index (κ3) is 4.57. The van der Waals surface area contributed by atoms with Crippen LogP contribution in [0.3, 0.4) is 0 Å². The topological polar surface area (TPSA) is 46.2 Å². The highest BCUT2D eigenvalue weighted by Crippen LogP contribution is 2.12. The molecule has 0 unspecified atom stereocenters. The van der Waals surface area contributed by atoms with Crippen LogP contribution in [-0.4, -0.2) is 27.0 Å². The number of rotatable bonds is 5. The lowest BCUT2D eigenvalue weighted by Crippen LogP contribution is -2.09. The number of benzene rings is 1. The van der Waals surface area contributed by atoms with Crippen molar-refractivity contribution >= 4 is 15.5 Å². The molecule has 0 atom stereocenters. The van der Waals surface area contributed by atoms with Crippen LogP contribution in [0.5, 0.6) is 0 Å². The van der Waals surface area contributed by atoms with Gasteiger partial charge in [-0.2, -0.15) is 0 Å². The van der Waals surface area contributed by atoms with Crippen LogP contribution in [0.15, 0.2) is 18.2 Å². The van der Waals surface area contributed by atoms with Crippen LogP contribution in [0.2, 0.25) is 0 Å². The van der Waals surface area contributed by atoms with Gasteiger partial charge in [-0.1, -0.05) is 0 Å². The van der Waals surface area contributed by atoms with Crippen LogP contribution in [-0.2, 0) is 9.84 Å². The Kier molecular flexibility index (Phi) is 4.23. The Morgan fingerprint density at radius 2 is 1.94 bits per heavy atom. The fourth-order valence-corrected chi connectivity index (χ4v) is 1.84. The molecule has 1 rings (SSSR count). The molecule has 16 heavy (non-hydrogen) atoms. The zero-order valence-electron chi connectivity index (χ0n) is 8.83. The molecular formula is C10H13F2NO2S. The molecule has 0 heterocycles. The first-order valence-corrected chi connectivity index (χ1v) is 6.81. The van der Waals surface area contributed by atoms with Crippen molar-refractivity contribution in [1.82, 2.24) is 0 Å². The highest BCUT2D eigenvalue weighted by molar-refractivity contribution is 7.90. The lowest BCUT2D eigenvalue weighted by molar-refractivity contribution is 0.509. The average Bonchev–Trinajstić information content (AvgIpc) is 2.17. The first kappa shape index (κ1) is 12.9. The summed E-state index contributed by atoms with van der Waals surface area (Å²) in [6.45, 7) is 0.401. The fourth-order valence-electron chi connectivity index (χ4n) is 1.17. The minimum Gasteiger partial charge on any atom is -0.385 e. The SMILES string of the molecule is CS(=O)(=O)CCCNc1ccc(F)c(F)c1. The maximum absolute atomic E-state index is 12.8. The van der Waals surface area contributed by atoms with E-state index < -0.39 is 21.5 Å². The standard InChI is InChI=1S/C10H13F2NO2S/c1-16(14,15)6-2-5-13-8-3-4-9(11)10(12)7-8/h3-4,7,13H,2,5-6H2,1H3. The Morgan fingerprint density at radius 3 is 2.50 bits per heavy atom. The molecule has 90 valence electrons. The predicted molar refractivity (Wildman–Crippen MR) is 59.2 cm³/mol. The Hall–Kier alpha value is -1.17. The highest BCUT2D eigenvalue weighted by atomic mass is 32.2. The van der Waals surface area contributed by atoms with Crippen LogP contribution < -0.4 is 5.32 Å². The van der Waals surface area contributed by atoms with E-state index in [4.69, 9.17) is 0 Å². The summed E-state index contributed by atoms with van der Waals surface area (Å²) in [5, 5.41) is 2.81. The van der Waals surface area contributed by atoms with E-state index >= 15 is 0 Å². The first-order chi connectivity index (χ1) is 7.38. The maximum atomic E-state index is 12.8. The number of hydrogen-bond acceptors (Lipinski definition) is 3. The van der Waals surface area contributed by atoms with Crippen molar-refractivity contribution < 1.29 is 17.2 Å². The number of hydrogen-bond donors (Lipinski definition) is 1. The molecule has 1 aromatic rings. The zero-order chi connectivity index (χ0) is 12.2. The summed E-state index contributed by atoms with van der Waals surface area (Å²) >= 11 is 0. The molecule has 0 saturated carbocycles. The quantitative estimate of drug-likeness (QED) is 0.809. The second-order valence-electron chi connectivity index (χ2n) is 3.54. The van der Waals surface area contributed by atoms with E-state index in [2.05, 4.69) is 5.32 Å². The lowest BCUT2D eigenvalue weighted by Gasteiger charge is -2.05. The molecule has 0 fully saturated rings. The lowest BCUT2D eigenvalue weighted by atomic mass is 10.3. The van der Waals surface area contributed by atoms with Gasteiger partial charge in [-0.05, 0) is 24.6 Å².